The zero-order chi connectivity index (χ0) is 10.6. The quantitative estimate of drug-likeness (QED) is 0.499. The molecule has 5 nitrogen and oxygen atoms in total. The first-order chi connectivity index (χ1) is 6.63. The Bertz CT molecular complexity index is 358. The Hall–Kier alpha value is -1.64. The van der Waals surface area contributed by atoms with Crippen LogP contribution in [-0.4, -0.2) is 23.0 Å². The van der Waals surface area contributed by atoms with Gasteiger partial charge in [0.05, 0.1) is 6.54 Å². The monoisotopic (exact) mass is 194 g/mol. The molecule has 1 aromatic carbocycles. The summed E-state index contributed by atoms with van der Waals surface area (Å²) in [5.74, 6) is 0. The predicted octanol–water partition coefficient (Wildman–Crippen LogP) is 1.20. The molecule has 0 aliphatic carbocycles. The first-order valence-corrected chi connectivity index (χ1v) is 4.19. The fraction of sp³-hybridized carbons (Fsp3) is 0.333. The summed E-state index contributed by atoms with van der Waals surface area (Å²) in [5.41, 5.74) is 2.13. The van der Waals surface area contributed by atoms with Crippen LogP contribution in [0.4, 0.5) is 11.4 Å². The summed E-state index contributed by atoms with van der Waals surface area (Å²) < 4.78 is 0. The molecule has 0 unspecified atom stereocenters. The van der Waals surface area contributed by atoms with E-state index in [1.165, 1.54) is 0 Å². The van der Waals surface area contributed by atoms with Gasteiger partial charge >= 0.3 is 5.69 Å². The molecule has 0 saturated carbocycles. The highest BCUT2D eigenvalue weighted by atomic mass is 16.5. The van der Waals surface area contributed by atoms with Crippen molar-refractivity contribution in [1.29, 1.82) is 5.39 Å². The zero-order valence-corrected chi connectivity index (χ0v) is 7.81. The first-order valence-electron chi connectivity index (χ1n) is 4.19. The van der Waals surface area contributed by atoms with Crippen LogP contribution in [0, 0.1) is 12.3 Å². The van der Waals surface area contributed by atoms with Gasteiger partial charge in [-0.3, -0.25) is 0 Å². The fourth-order valence-electron chi connectivity index (χ4n) is 1.11. The van der Waals surface area contributed by atoms with E-state index >= 15 is 0 Å². The van der Waals surface area contributed by atoms with Crippen LogP contribution in [-0.2, 0) is 0 Å². The molecule has 5 heteroatoms. The lowest BCUT2D eigenvalue weighted by atomic mass is 10.2. The van der Waals surface area contributed by atoms with Crippen molar-refractivity contribution in [3.63, 3.8) is 0 Å². The maximum atomic E-state index is 8.64. The number of aliphatic hydroxyl groups is 2. The largest absolute Gasteiger partial charge is 0.385 e. The van der Waals surface area contributed by atoms with Crippen molar-refractivity contribution in [3.05, 3.63) is 28.7 Å². The minimum Gasteiger partial charge on any atom is -0.380 e. The molecule has 0 saturated heterocycles. The summed E-state index contributed by atoms with van der Waals surface area (Å²) in [6.07, 6.45) is -1.38. The molecule has 1 aromatic rings. The highest BCUT2D eigenvalue weighted by Gasteiger charge is 2.07. The number of nitrogens with one attached hydrogen (secondary N) is 1. The van der Waals surface area contributed by atoms with Gasteiger partial charge in [-0.05, 0) is 18.6 Å². The Labute approximate surface area is 81.6 Å². The topological polar surface area (TPSA) is 80.6 Å². The molecule has 0 aromatic heterocycles. The number of rotatable bonds is 3. The molecule has 74 valence electrons. The average Bonchev–Trinajstić information content (AvgIpc) is 2.15. The number of anilines is 1. The summed E-state index contributed by atoms with van der Waals surface area (Å²) in [6, 6.07) is 5.03. The number of hydrogen-bond acceptors (Lipinski definition) is 4. The van der Waals surface area contributed by atoms with Gasteiger partial charge < -0.3 is 15.5 Å². The van der Waals surface area contributed by atoms with Gasteiger partial charge in [-0.25, -0.2) is 0 Å². The van der Waals surface area contributed by atoms with Crippen LogP contribution in [0.2, 0.25) is 0 Å². The number of aryl methyl sites for hydroxylation is 1. The number of nitrogens with zero attached hydrogens (tertiary/aromatic N) is 2. The maximum absolute atomic E-state index is 8.64. The molecular formula is C9H12N3O2+. The van der Waals surface area contributed by atoms with Crippen LogP contribution in [0.15, 0.2) is 18.2 Å². The van der Waals surface area contributed by atoms with Gasteiger partial charge in [0, 0.05) is 17.8 Å². The number of diazo groups is 1. The van der Waals surface area contributed by atoms with Crippen molar-refractivity contribution in [2.75, 3.05) is 11.9 Å². The number of aliphatic hydroxyl groups excluding tert-OH is 1. The summed E-state index contributed by atoms with van der Waals surface area (Å²) in [4.78, 5) is 3.04. The zero-order valence-electron chi connectivity index (χ0n) is 7.81. The molecule has 0 fully saturated rings. The third-order valence-corrected chi connectivity index (χ3v) is 1.80. The minimum atomic E-state index is -1.38. The van der Waals surface area contributed by atoms with Crippen LogP contribution >= 0.6 is 0 Å². The molecule has 0 heterocycles. The van der Waals surface area contributed by atoms with Crippen molar-refractivity contribution >= 4 is 11.4 Å². The summed E-state index contributed by atoms with van der Waals surface area (Å²) >= 11 is 0. The Balaban J connectivity index is 2.75. The average molecular weight is 194 g/mol. The van der Waals surface area contributed by atoms with Crippen molar-refractivity contribution in [3.8, 4) is 0 Å². The maximum Gasteiger partial charge on any atom is 0.385 e. The van der Waals surface area contributed by atoms with Crippen LogP contribution in [0.5, 0.6) is 0 Å². The van der Waals surface area contributed by atoms with Crippen molar-refractivity contribution < 1.29 is 10.2 Å². The highest BCUT2D eigenvalue weighted by molar-refractivity contribution is 5.59. The minimum absolute atomic E-state index is 0.0659. The summed E-state index contributed by atoms with van der Waals surface area (Å²) in [5, 5.41) is 28.6. The third-order valence-electron chi connectivity index (χ3n) is 1.80. The van der Waals surface area contributed by atoms with Crippen LogP contribution in [0.25, 0.3) is 4.98 Å². The molecule has 0 spiro atoms. The highest BCUT2D eigenvalue weighted by Crippen LogP contribution is 2.21. The Morgan fingerprint density at radius 2 is 2.21 bits per heavy atom. The van der Waals surface area contributed by atoms with Crippen LogP contribution in [0.3, 0.4) is 0 Å². The van der Waals surface area contributed by atoms with E-state index in [0.717, 1.165) is 11.3 Å². The van der Waals surface area contributed by atoms with Crippen LogP contribution in [0.1, 0.15) is 5.56 Å². The van der Waals surface area contributed by atoms with E-state index in [2.05, 4.69) is 10.3 Å². The van der Waals surface area contributed by atoms with Gasteiger partial charge in [0.15, 0.2) is 11.3 Å². The molecule has 0 bridgehead atoms. The molecule has 0 atom stereocenters. The Kier molecular flexibility index (Phi) is 3.40. The normalized spacial score (nSPS) is 9.93. The van der Waals surface area contributed by atoms with Gasteiger partial charge in [-0.2, -0.15) is 0 Å². The second-order valence-corrected chi connectivity index (χ2v) is 2.96. The van der Waals surface area contributed by atoms with E-state index in [4.69, 9.17) is 15.6 Å². The lowest BCUT2D eigenvalue weighted by Gasteiger charge is -2.08. The molecule has 3 N–H and O–H groups in total. The molecule has 0 aliphatic heterocycles. The standard InChI is InChI=1S/C9H12N3O2/c1-6-4-7(12-10)2-3-8(6)11-5-9(13)14/h2-4,9,11,13-14H,5H2,1H3/q+1. The van der Waals surface area contributed by atoms with E-state index in [1.54, 1.807) is 18.2 Å². The van der Waals surface area contributed by atoms with Gasteiger partial charge in [-0.1, -0.05) is 0 Å². The number of benzene rings is 1. The molecule has 0 radical (unpaired) electrons. The van der Waals surface area contributed by atoms with E-state index in [-0.39, 0.29) is 6.54 Å². The van der Waals surface area contributed by atoms with Gasteiger partial charge in [0.25, 0.3) is 0 Å². The van der Waals surface area contributed by atoms with E-state index in [9.17, 15) is 0 Å². The molecule has 0 aliphatic rings. The van der Waals surface area contributed by atoms with Gasteiger partial charge in [0.1, 0.15) is 0 Å². The smallest absolute Gasteiger partial charge is 0.380 e. The first kappa shape index (κ1) is 10.4. The second-order valence-electron chi connectivity index (χ2n) is 2.96. The molecule has 0 amide bonds. The molecular weight excluding hydrogens is 182 g/mol. The molecule has 1 rings (SSSR count). The van der Waals surface area contributed by atoms with Crippen molar-refractivity contribution in [1.82, 2.24) is 0 Å². The van der Waals surface area contributed by atoms with Gasteiger partial charge in [-0.15, -0.1) is 0 Å². The Morgan fingerprint density at radius 3 is 2.71 bits per heavy atom. The van der Waals surface area contributed by atoms with E-state index in [1.807, 2.05) is 6.92 Å². The number of hydrogen-bond donors (Lipinski definition) is 3. The third kappa shape index (κ3) is 2.69. The summed E-state index contributed by atoms with van der Waals surface area (Å²) in [6.45, 7) is 1.90. The lowest BCUT2D eigenvalue weighted by Crippen LogP contribution is -2.18. The second kappa shape index (κ2) is 4.56. The van der Waals surface area contributed by atoms with Gasteiger partial charge in [0.2, 0.25) is 5.39 Å². The van der Waals surface area contributed by atoms with Crippen LogP contribution < -0.4 is 5.32 Å². The SMILES string of the molecule is Cc1cc([N+]#N)ccc1NCC(O)O. The lowest BCUT2D eigenvalue weighted by molar-refractivity contribution is -0.0275. The van der Waals surface area contributed by atoms with Crippen molar-refractivity contribution in [2.45, 2.75) is 13.2 Å². The van der Waals surface area contributed by atoms with Crippen molar-refractivity contribution in [2.24, 2.45) is 0 Å². The molecule has 14 heavy (non-hydrogen) atoms. The van der Waals surface area contributed by atoms with E-state index in [0.29, 0.717) is 5.69 Å². The summed E-state index contributed by atoms with van der Waals surface area (Å²) in [7, 11) is 0. The van der Waals surface area contributed by atoms with E-state index < -0.39 is 6.29 Å². The fourth-order valence-corrected chi connectivity index (χ4v) is 1.11. The predicted molar refractivity (Wildman–Crippen MR) is 52.6 cm³/mol. The Morgan fingerprint density at radius 1 is 1.50 bits per heavy atom.